The van der Waals surface area contributed by atoms with E-state index < -0.39 is 0 Å². The number of nitrogens with one attached hydrogen (secondary N) is 1. The second-order valence-electron chi connectivity index (χ2n) is 6.67. The second-order valence-corrected chi connectivity index (χ2v) is 6.67. The van der Waals surface area contributed by atoms with Crippen LogP contribution in [-0.2, 0) is 24.4 Å². The summed E-state index contributed by atoms with van der Waals surface area (Å²) in [5.41, 5.74) is 1.02. The molecule has 4 heterocycles. The predicted molar refractivity (Wildman–Crippen MR) is 88.7 cm³/mol. The van der Waals surface area contributed by atoms with Crippen LogP contribution in [0.25, 0.3) is 0 Å². The van der Waals surface area contributed by atoms with Gasteiger partial charge in [-0.05, 0) is 18.8 Å². The van der Waals surface area contributed by atoms with Gasteiger partial charge in [0, 0.05) is 38.9 Å². The topological polar surface area (TPSA) is 85.4 Å². The normalized spacial score (nSPS) is 18.9. The largest absolute Gasteiger partial charge is 0.381 e. The number of hydrogen-bond donors (Lipinski definition) is 1. The lowest BCUT2D eigenvalue weighted by atomic mass is 9.99. The van der Waals surface area contributed by atoms with Gasteiger partial charge in [-0.1, -0.05) is 5.16 Å². The molecule has 0 aromatic carbocycles. The minimum absolute atomic E-state index is 0.223. The van der Waals surface area contributed by atoms with Crippen molar-refractivity contribution in [2.24, 2.45) is 5.92 Å². The van der Waals surface area contributed by atoms with Gasteiger partial charge in [0.1, 0.15) is 5.82 Å². The molecule has 25 heavy (non-hydrogen) atoms. The lowest BCUT2D eigenvalue weighted by Gasteiger charge is -2.33. The number of rotatable bonds is 5. The third-order valence-corrected chi connectivity index (χ3v) is 4.97. The van der Waals surface area contributed by atoms with Crippen molar-refractivity contribution in [3.05, 3.63) is 35.7 Å². The zero-order valence-electron chi connectivity index (χ0n) is 14.2. The molecule has 1 saturated heterocycles. The Morgan fingerprint density at radius 3 is 3.00 bits per heavy atom. The lowest BCUT2D eigenvalue weighted by Crippen LogP contribution is -2.39. The Labute approximate surface area is 146 Å². The molecule has 0 atom stereocenters. The van der Waals surface area contributed by atoms with E-state index in [0.29, 0.717) is 6.54 Å². The van der Waals surface area contributed by atoms with Gasteiger partial charge < -0.3 is 19.1 Å². The Kier molecular flexibility index (Phi) is 4.80. The van der Waals surface area contributed by atoms with Crippen molar-refractivity contribution in [3.63, 3.8) is 0 Å². The highest BCUT2D eigenvalue weighted by molar-refractivity contribution is 5.91. The SMILES string of the molecule is O=C(NCc1cnc2n1CCN(CC1CCOCC1)C2)c1ccno1. The third-order valence-electron chi connectivity index (χ3n) is 4.97. The molecule has 2 aliphatic heterocycles. The molecule has 8 heteroatoms. The molecule has 2 aromatic rings. The number of carbonyl (C=O) groups is 1. The molecule has 8 nitrogen and oxygen atoms in total. The van der Waals surface area contributed by atoms with Crippen LogP contribution in [0.15, 0.2) is 23.0 Å². The molecular formula is C17H23N5O3. The van der Waals surface area contributed by atoms with E-state index >= 15 is 0 Å². The number of fused-ring (bicyclic) bond motifs is 1. The maximum Gasteiger partial charge on any atom is 0.290 e. The van der Waals surface area contributed by atoms with Crippen LogP contribution in [0, 0.1) is 5.92 Å². The van der Waals surface area contributed by atoms with Crippen molar-refractivity contribution in [2.45, 2.75) is 32.5 Å². The first-order valence-corrected chi connectivity index (χ1v) is 8.82. The summed E-state index contributed by atoms with van der Waals surface area (Å²) in [4.78, 5) is 19.0. The summed E-state index contributed by atoms with van der Waals surface area (Å²) >= 11 is 0. The fourth-order valence-corrected chi connectivity index (χ4v) is 3.56. The third kappa shape index (κ3) is 3.74. The van der Waals surface area contributed by atoms with E-state index in [1.54, 1.807) is 6.07 Å². The molecule has 1 N–H and O–H groups in total. The Balaban J connectivity index is 1.33. The van der Waals surface area contributed by atoms with Crippen LogP contribution in [0.5, 0.6) is 0 Å². The molecule has 0 radical (unpaired) electrons. The van der Waals surface area contributed by atoms with Gasteiger partial charge >= 0.3 is 0 Å². The van der Waals surface area contributed by atoms with Gasteiger partial charge in [-0.3, -0.25) is 9.69 Å². The van der Waals surface area contributed by atoms with Gasteiger partial charge in [-0.15, -0.1) is 0 Å². The van der Waals surface area contributed by atoms with Gasteiger partial charge in [0.2, 0.25) is 5.76 Å². The van der Waals surface area contributed by atoms with Crippen LogP contribution in [0.3, 0.4) is 0 Å². The van der Waals surface area contributed by atoms with Gasteiger partial charge in [-0.2, -0.15) is 0 Å². The summed E-state index contributed by atoms with van der Waals surface area (Å²) < 4.78 is 12.5. The van der Waals surface area contributed by atoms with Crippen molar-refractivity contribution in [3.8, 4) is 0 Å². The molecule has 1 amide bonds. The van der Waals surface area contributed by atoms with E-state index in [1.807, 2.05) is 6.20 Å². The molecule has 0 spiro atoms. The smallest absolute Gasteiger partial charge is 0.290 e. The van der Waals surface area contributed by atoms with Crippen LogP contribution in [0.2, 0.25) is 0 Å². The highest BCUT2D eigenvalue weighted by Crippen LogP contribution is 2.20. The van der Waals surface area contributed by atoms with E-state index in [9.17, 15) is 4.79 Å². The molecule has 4 rings (SSSR count). The van der Waals surface area contributed by atoms with Crippen molar-refractivity contribution in [2.75, 3.05) is 26.3 Å². The first kappa shape index (κ1) is 16.3. The monoisotopic (exact) mass is 345 g/mol. The minimum Gasteiger partial charge on any atom is -0.381 e. The van der Waals surface area contributed by atoms with Crippen molar-refractivity contribution < 1.29 is 14.1 Å². The number of ether oxygens (including phenoxy) is 1. The minimum atomic E-state index is -0.259. The maximum absolute atomic E-state index is 11.9. The molecule has 1 fully saturated rings. The van der Waals surface area contributed by atoms with Gasteiger partial charge in [0.25, 0.3) is 5.91 Å². The molecule has 0 unspecified atom stereocenters. The Hall–Kier alpha value is -2.19. The fraction of sp³-hybridized carbons (Fsp3) is 0.588. The zero-order valence-corrected chi connectivity index (χ0v) is 14.2. The van der Waals surface area contributed by atoms with Crippen molar-refractivity contribution >= 4 is 5.91 Å². The van der Waals surface area contributed by atoms with E-state index in [0.717, 1.165) is 69.7 Å². The Morgan fingerprint density at radius 2 is 2.20 bits per heavy atom. The lowest BCUT2D eigenvalue weighted by molar-refractivity contribution is 0.0481. The number of imidazole rings is 1. The summed E-state index contributed by atoms with van der Waals surface area (Å²) in [6, 6.07) is 1.55. The summed E-state index contributed by atoms with van der Waals surface area (Å²) in [5.74, 6) is 1.77. The van der Waals surface area contributed by atoms with Crippen LogP contribution in [0.1, 0.15) is 34.9 Å². The number of carbonyl (C=O) groups excluding carboxylic acids is 1. The van der Waals surface area contributed by atoms with Crippen LogP contribution >= 0.6 is 0 Å². The van der Waals surface area contributed by atoms with Crippen LogP contribution in [0.4, 0.5) is 0 Å². The van der Waals surface area contributed by atoms with E-state index in [1.165, 1.54) is 6.20 Å². The zero-order chi connectivity index (χ0) is 17.1. The second kappa shape index (κ2) is 7.37. The Bertz CT molecular complexity index is 706. The molecule has 2 aliphatic rings. The van der Waals surface area contributed by atoms with Gasteiger partial charge in [-0.25, -0.2) is 4.98 Å². The highest BCUT2D eigenvalue weighted by Gasteiger charge is 2.23. The number of hydrogen-bond acceptors (Lipinski definition) is 6. The molecule has 134 valence electrons. The first-order chi connectivity index (χ1) is 12.3. The highest BCUT2D eigenvalue weighted by atomic mass is 16.5. The van der Waals surface area contributed by atoms with E-state index in [-0.39, 0.29) is 11.7 Å². The first-order valence-electron chi connectivity index (χ1n) is 8.82. The van der Waals surface area contributed by atoms with E-state index in [2.05, 4.69) is 24.9 Å². The molecule has 0 aliphatic carbocycles. The quantitative estimate of drug-likeness (QED) is 0.872. The molecule has 0 bridgehead atoms. The number of aromatic nitrogens is 3. The molecular weight excluding hydrogens is 322 g/mol. The molecule has 2 aromatic heterocycles. The van der Waals surface area contributed by atoms with Crippen LogP contribution < -0.4 is 5.32 Å². The summed E-state index contributed by atoms with van der Waals surface area (Å²) in [7, 11) is 0. The standard InChI is InChI=1S/C17H23N5O3/c23-17(15-1-4-20-25-15)19-10-14-9-18-16-12-21(5-6-22(14)16)11-13-2-7-24-8-3-13/h1,4,9,13H,2-3,5-8,10-12H2,(H,19,23). The summed E-state index contributed by atoms with van der Waals surface area (Å²) in [5, 5.41) is 6.40. The molecule has 0 saturated carbocycles. The van der Waals surface area contributed by atoms with Gasteiger partial charge in [0.05, 0.1) is 31.2 Å². The predicted octanol–water partition coefficient (Wildman–Crippen LogP) is 1.04. The van der Waals surface area contributed by atoms with Crippen LogP contribution in [-0.4, -0.2) is 51.8 Å². The van der Waals surface area contributed by atoms with Crippen molar-refractivity contribution in [1.29, 1.82) is 0 Å². The maximum atomic E-state index is 11.9. The summed E-state index contributed by atoms with van der Waals surface area (Å²) in [6.07, 6.45) is 5.63. The van der Waals surface area contributed by atoms with Crippen molar-refractivity contribution in [1.82, 2.24) is 24.9 Å². The number of amides is 1. The van der Waals surface area contributed by atoms with E-state index in [4.69, 9.17) is 9.26 Å². The Morgan fingerprint density at radius 1 is 1.32 bits per heavy atom. The summed E-state index contributed by atoms with van der Waals surface area (Å²) in [6.45, 7) is 6.13. The fourth-order valence-electron chi connectivity index (χ4n) is 3.56. The average Bonchev–Trinajstić information content (AvgIpc) is 3.30. The average molecular weight is 345 g/mol. The number of nitrogens with zero attached hydrogens (tertiary/aromatic N) is 4. The van der Waals surface area contributed by atoms with Gasteiger partial charge in [0.15, 0.2) is 0 Å².